The van der Waals surface area contributed by atoms with Crippen LogP contribution in [0, 0.1) is 5.82 Å². The Morgan fingerprint density at radius 2 is 1.96 bits per heavy atom. The monoisotopic (exact) mass is 379 g/mol. The van der Waals surface area contributed by atoms with Gasteiger partial charge in [-0.3, -0.25) is 9.36 Å². The number of hydrogen-bond acceptors (Lipinski definition) is 5. The quantitative estimate of drug-likeness (QED) is 0.614. The number of aromatic nitrogens is 1. The van der Waals surface area contributed by atoms with Crippen molar-refractivity contribution in [1.29, 1.82) is 0 Å². The van der Waals surface area contributed by atoms with Crippen molar-refractivity contribution >= 4 is 49.9 Å². The molecule has 0 aliphatic carbocycles. The van der Waals surface area contributed by atoms with E-state index in [1.807, 2.05) is 24.3 Å². The molecule has 0 aliphatic rings. The predicted molar refractivity (Wildman–Crippen MR) is 102 cm³/mol. The van der Waals surface area contributed by atoms with Crippen molar-refractivity contribution in [3.63, 3.8) is 0 Å². The van der Waals surface area contributed by atoms with Crippen LogP contribution in [0.4, 0.5) is 4.39 Å². The lowest BCUT2D eigenvalue weighted by molar-refractivity contribution is 0.302. The van der Waals surface area contributed by atoms with E-state index in [1.165, 1.54) is 29.2 Å². The minimum atomic E-state index is -0.246. The largest absolute Gasteiger partial charge is 0.477 e. The normalized spacial score (nSPS) is 10.9. The maximum Gasteiger partial charge on any atom is 0.308 e. The van der Waals surface area contributed by atoms with Crippen LogP contribution >= 0.6 is 35.3 Å². The predicted octanol–water partition coefficient (Wildman–Crippen LogP) is 4.44. The van der Waals surface area contributed by atoms with E-state index in [0.29, 0.717) is 28.9 Å². The summed E-state index contributed by atoms with van der Waals surface area (Å²) in [7, 11) is 0. The van der Waals surface area contributed by atoms with Gasteiger partial charge in [0.15, 0.2) is 0 Å². The first-order chi connectivity index (χ1) is 11.6. The van der Waals surface area contributed by atoms with Gasteiger partial charge in [-0.25, -0.2) is 4.39 Å². The van der Waals surface area contributed by atoms with E-state index >= 15 is 0 Å². The Hall–Kier alpha value is -1.70. The summed E-state index contributed by atoms with van der Waals surface area (Å²) in [5.74, 6) is 0.177. The van der Waals surface area contributed by atoms with Crippen LogP contribution in [-0.4, -0.2) is 15.6 Å². The number of thioether (sulfide) groups is 1. The van der Waals surface area contributed by atoms with Gasteiger partial charge in [-0.1, -0.05) is 53.4 Å². The van der Waals surface area contributed by atoms with Crippen LogP contribution in [0.25, 0.3) is 10.2 Å². The third-order valence-corrected chi connectivity index (χ3v) is 5.65. The topological polar surface area (TPSA) is 31.2 Å². The fourth-order valence-electron chi connectivity index (χ4n) is 2.24. The van der Waals surface area contributed by atoms with Gasteiger partial charge in [0, 0.05) is 5.75 Å². The molecule has 1 aromatic heterocycles. The second-order valence-corrected chi connectivity index (χ2v) is 7.54. The third kappa shape index (κ3) is 4.03. The van der Waals surface area contributed by atoms with Crippen molar-refractivity contribution in [3.8, 4) is 0 Å². The number of hydrogen-bond donors (Lipinski definition) is 0. The summed E-state index contributed by atoms with van der Waals surface area (Å²) < 4.78 is 22.0. The number of rotatable bonds is 5. The van der Waals surface area contributed by atoms with E-state index in [9.17, 15) is 9.18 Å². The highest BCUT2D eigenvalue weighted by molar-refractivity contribution is 8.22. The van der Waals surface area contributed by atoms with Crippen molar-refractivity contribution in [1.82, 2.24) is 4.57 Å². The molecule has 7 heteroatoms. The zero-order chi connectivity index (χ0) is 16.9. The molecule has 0 spiro atoms. The van der Waals surface area contributed by atoms with Crippen molar-refractivity contribution < 1.29 is 9.13 Å². The second-order valence-electron chi connectivity index (χ2n) is 4.97. The molecule has 0 bridgehead atoms. The summed E-state index contributed by atoms with van der Waals surface area (Å²) in [5.41, 5.74) is 1.49. The third-order valence-electron chi connectivity index (χ3n) is 3.41. The summed E-state index contributed by atoms with van der Waals surface area (Å²) in [6.07, 6.45) is 0. The van der Waals surface area contributed by atoms with Crippen molar-refractivity contribution in [2.75, 3.05) is 6.61 Å². The standard InChI is InChI=1S/C17H14FNO2S3/c18-13-6-2-1-5-12(13)11-23-17(22)21-10-9-19-14-7-3-4-8-15(14)24-16(19)20/h1-8H,9-11H2. The highest BCUT2D eigenvalue weighted by atomic mass is 32.2. The number of benzene rings is 2. The molecule has 124 valence electrons. The Bertz CT molecular complexity index is 919. The van der Waals surface area contributed by atoms with Gasteiger partial charge in [0.25, 0.3) is 0 Å². The van der Waals surface area contributed by atoms with Gasteiger partial charge in [-0.15, -0.1) is 0 Å². The lowest BCUT2D eigenvalue weighted by atomic mass is 10.2. The molecule has 0 fully saturated rings. The lowest BCUT2D eigenvalue weighted by Gasteiger charge is -2.08. The van der Waals surface area contributed by atoms with Crippen molar-refractivity contribution in [3.05, 3.63) is 69.6 Å². The van der Waals surface area contributed by atoms with E-state index < -0.39 is 0 Å². The molecule has 3 aromatic rings. The highest BCUT2D eigenvalue weighted by Gasteiger charge is 2.08. The van der Waals surface area contributed by atoms with Gasteiger partial charge in [0.05, 0.1) is 16.8 Å². The Labute approximate surface area is 152 Å². The maximum atomic E-state index is 13.5. The van der Waals surface area contributed by atoms with Crippen LogP contribution in [-0.2, 0) is 17.0 Å². The van der Waals surface area contributed by atoms with Crippen molar-refractivity contribution in [2.45, 2.75) is 12.3 Å². The fraction of sp³-hybridized carbons (Fsp3) is 0.176. The molecule has 0 radical (unpaired) electrons. The Morgan fingerprint density at radius 3 is 2.79 bits per heavy atom. The summed E-state index contributed by atoms with van der Waals surface area (Å²) in [4.78, 5) is 12.0. The zero-order valence-electron chi connectivity index (χ0n) is 12.6. The number of nitrogens with zero attached hydrogens (tertiary/aromatic N) is 1. The molecule has 0 saturated heterocycles. The summed E-state index contributed by atoms with van der Waals surface area (Å²) >= 11 is 7.65. The van der Waals surface area contributed by atoms with E-state index in [1.54, 1.807) is 22.8 Å². The lowest BCUT2D eigenvalue weighted by Crippen LogP contribution is -2.17. The molecule has 1 heterocycles. The number of para-hydroxylation sites is 1. The summed E-state index contributed by atoms with van der Waals surface area (Å²) in [6, 6.07) is 14.2. The SMILES string of the molecule is O=c1sc2ccccc2n1CCOC(=S)SCc1ccccc1F. The van der Waals surface area contributed by atoms with Crippen LogP contribution in [0.3, 0.4) is 0 Å². The second kappa shape index (κ2) is 7.92. The average Bonchev–Trinajstić information content (AvgIpc) is 2.90. The minimum Gasteiger partial charge on any atom is -0.477 e. The van der Waals surface area contributed by atoms with Gasteiger partial charge in [0.2, 0.25) is 4.38 Å². The van der Waals surface area contributed by atoms with Crippen LogP contribution in [0.5, 0.6) is 0 Å². The van der Waals surface area contributed by atoms with E-state index in [-0.39, 0.29) is 10.7 Å². The van der Waals surface area contributed by atoms with Crippen LogP contribution in [0.15, 0.2) is 53.3 Å². The highest BCUT2D eigenvalue weighted by Crippen LogP contribution is 2.18. The molecule has 0 atom stereocenters. The van der Waals surface area contributed by atoms with Crippen LogP contribution in [0.1, 0.15) is 5.56 Å². The summed E-state index contributed by atoms with van der Waals surface area (Å²) in [5, 5.41) is 0. The summed E-state index contributed by atoms with van der Waals surface area (Å²) in [6.45, 7) is 0.743. The van der Waals surface area contributed by atoms with Crippen LogP contribution in [0.2, 0.25) is 0 Å². The molecule has 3 rings (SSSR count). The number of thiocarbonyl (C=S) groups is 1. The van der Waals surface area contributed by atoms with Crippen molar-refractivity contribution in [2.24, 2.45) is 0 Å². The molecule has 0 unspecified atom stereocenters. The molecule has 0 saturated carbocycles. The fourth-order valence-corrected chi connectivity index (χ4v) is 4.09. The smallest absolute Gasteiger partial charge is 0.308 e. The van der Waals surface area contributed by atoms with Gasteiger partial charge < -0.3 is 4.74 Å². The molecule has 0 aliphatic heterocycles. The Kier molecular flexibility index (Phi) is 5.65. The molecule has 0 amide bonds. The number of fused-ring (bicyclic) bond motifs is 1. The average molecular weight is 380 g/mol. The maximum absolute atomic E-state index is 13.5. The molecular weight excluding hydrogens is 365 g/mol. The minimum absolute atomic E-state index is 0.00951. The number of halogens is 1. The van der Waals surface area contributed by atoms with Gasteiger partial charge in [-0.2, -0.15) is 0 Å². The number of thiazole rings is 1. The first-order valence-corrected chi connectivity index (χ1v) is 9.47. The molecule has 3 nitrogen and oxygen atoms in total. The zero-order valence-corrected chi connectivity index (χ0v) is 15.1. The first-order valence-electron chi connectivity index (χ1n) is 7.26. The molecular formula is C17H14FNO2S3. The van der Waals surface area contributed by atoms with Crippen LogP contribution < -0.4 is 4.87 Å². The number of ether oxygens (including phenoxy) is 1. The Morgan fingerprint density at radius 1 is 1.21 bits per heavy atom. The molecule has 24 heavy (non-hydrogen) atoms. The van der Waals surface area contributed by atoms with Gasteiger partial charge in [-0.05, 0) is 36.0 Å². The van der Waals surface area contributed by atoms with Gasteiger partial charge >= 0.3 is 4.87 Å². The molecule has 0 N–H and O–H groups in total. The van der Waals surface area contributed by atoms with E-state index in [2.05, 4.69) is 0 Å². The van der Waals surface area contributed by atoms with Gasteiger partial charge in [0.1, 0.15) is 12.4 Å². The Balaban J connectivity index is 1.52. The van der Waals surface area contributed by atoms with E-state index in [4.69, 9.17) is 17.0 Å². The van der Waals surface area contributed by atoms with E-state index in [0.717, 1.165) is 10.2 Å². The molecule has 2 aromatic carbocycles. The first kappa shape index (κ1) is 17.1.